The highest BCUT2D eigenvalue weighted by Crippen LogP contribution is 2.28. The lowest BCUT2D eigenvalue weighted by molar-refractivity contribution is 0.601. The first-order valence-electron chi connectivity index (χ1n) is 5.61. The molecule has 0 aliphatic heterocycles. The molecule has 8 heteroatoms. The molecule has 21 heavy (non-hydrogen) atoms. The number of nitriles is 1. The Morgan fingerprint density at radius 2 is 1.86 bits per heavy atom. The maximum atomic E-state index is 12.3. The monoisotopic (exact) mass is 341 g/mol. The van der Waals surface area contributed by atoms with Crippen molar-refractivity contribution in [2.45, 2.75) is 4.90 Å². The second-order valence-electron chi connectivity index (χ2n) is 4.09. The number of benzene rings is 2. The van der Waals surface area contributed by atoms with Gasteiger partial charge in [0.05, 0.1) is 28.0 Å². The molecule has 0 fully saturated rings. The summed E-state index contributed by atoms with van der Waals surface area (Å²) >= 11 is 11.6. The molecule has 2 rings (SSSR count). The zero-order chi connectivity index (χ0) is 15.6. The SMILES string of the molecule is N#Cc1ccc(Cl)c(S(=O)(=O)Nc2ccc(Cl)cc2N)c1. The van der Waals surface area contributed by atoms with Gasteiger partial charge in [0.2, 0.25) is 0 Å². The third-order valence-corrected chi connectivity index (χ3v) is 4.69. The normalized spacial score (nSPS) is 10.9. The lowest BCUT2D eigenvalue weighted by Crippen LogP contribution is -2.14. The first-order chi connectivity index (χ1) is 9.83. The molecule has 0 bridgehead atoms. The first-order valence-corrected chi connectivity index (χ1v) is 7.85. The molecule has 0 aromatic heterocycles. The van der Waals surface area contributed by atoms with Crippen LogP contribution in [0.15, 0.2) is 41.3 Å². The Hall–Kier alpha value is -1.94. The van der Waals surface area contributed by atoms with Crippen molar-refractivity contribution in [1.29, 1.82) is 5.26 Å². The Bertz CT molecular complexity index is 845. The molecule has 0 amide bonds. The molecule has 0 heterocycles. The fourth-order valence-corrected chi connectivity index (χ4v) is 3.40. The summed E-state index contributed by atoms with van der Waals surface area (Å²) in [5, 5.41) is 9.24. The molecule has 0 aliphatic rings. The van der Waals surface area contributed by atoms with Crippen LogP contribution in [-0.4, -0.2) is 8.42 Å². The Labute approximate surface area is 132 Å². The van der Waals surface area contributed by atoms with Crippen LogP contribution in [0, 0.1) is 11.3 Å². The second kappa shape index (κ2) is 5.82. The number of hydrogen-bond acceptors (Lipinski definition) is 4. The van der Waals surface area contributed by atoms with Gasteiger partial charge >= 0.3 is 0 Å². The number of rotatable bonds is 3. The summed E-state index contributed by atoms with van der Waals surface area (Å²) in [6.45, 7) is 0. The topological polar surface area (TPSA) is 96.0 Å². The van der Waals surface area contributed by atoms with Gasteiger partial charge < -0.3 is 5.73 Å². The van der Waals surface area contributed by atoms with Crippen molar-refractivity contribution in [3.8, 4) is 6.07 Å². The van der Waals surface area contributed by atoms with Crippen molar-refractivity contribution < 1.29 is 8.42 Å². The highest BCUT2D eigenvalue weighted by atomic mass is 35.5. The summed E-state index contributed by atoms with van der Waals surface area (Å²) < 4.78 is 27.0. The minimum Gasteiger partial charge on any atom is -0.397 e. The van der Waals surface area contributed by atoms with Gasteiger partial charge in [-0.1, -0.05) is 23.2 Å². The van der Waals surface area contributed by atoms with Crippen molar-refractivity contribution in [2.75, 3.05) is 10.5 Å². The smallest absolute Gasteiger partial charge is 0.263 e. The molecule has 0 radical (unpaired) electrons. The molecule has 2 aromatic carbocycles. The van der Waals surface area contributed by atoms with Crippen LogP contribution in [0.4, 0.5) is 11.4 Å². The summed E-state index contributed by atoms with van der Waals surface area (Å²) in [6, 6.07) is 10.2. The van der Waals surface area contributed by atoms with E-state index in [1.54, 1.807) is 0 Å². The Morgan fingerprint density at radius 1 is 1.14 bits per heavy atom. The molecule has 3 N–H and O–H groups in total. The average molecular weight is 342 g/mol. The number of hydrogen-bond donors (Lipinski definition) is 2. The predicted molar refractivity (Wildman–Crippen MR) is 82.8 cm³/mol. The van der Waals surface area contributed by atoms with E-state index in [-0.39, 0.29) is 26.9 Å². The number of sulfonamides is 1. The van der Waals surface area contributed by atoms with E-state index in [1.165, 1.54) is 36.4 Å². The summed E-state index contributed by atoms with van der Waals surface area (Å²) in [5.74, 6) is 0. The molecular weight excluding hydrogens is 333 g/mol. The molecule has 0 atom stereocenters. The molecule has 0 saturated heterocycles. The number of anilines is 2. The minimum atomic E-state index is -3.97. The van der Waals surface area contributed by atoms with Crippen molar-refractivity contribution in [3.05, 3.63) is 52.0 Å². The molecule has 0 aliphatic carbocycles. The quantitative estimate of drug-likeness (QED) is 0.837. The summed E-state index contributed by atoms with van der Waals surface area (Å²) in [4.78, 5) is -0.197. The lowest BCUT2D eigenvalue weighted by atomic mass is 10.2. The van der Waals surface area contributed by atoms with Crippen LogP contribution < -0.4 is 10.5 Å². The van der Waals surface area contributed by atoms with E-state index in [4.69, 9.17) is 34.2 Å². The van der Waals surface area contributed by atoms with E-state index < -0.39 is 10.0 Å². The van der Waals surface area contributed by atoms with Crippen molar-refractivity contribution in [3.63, 3.8) is 0 Å². The van der Waals surface area contributed by atoms with E-state index in [2.05, 4.69) is 4.72 Å². The van der Waals surface area contributed by atoms with Gasteiger partial charge in [-0.3, -0.25) is 4.72 Å². The molecule has 2 aromatic rings. The van der Waals surface area contributed by atoms with Crippen LogP contribution in [0.25, 0.3) is 0 Å². The second-order valence-corrected chi connectivity index (χ2v) is 6.59. The van der Waals surface area contributed by atoms with Crippen molar-refractivity contribution in [2.24, 2.45) is 0 Å². The van der Waals surface area contributed by atoms with E-state index in [9.17, 15) is 8.42 Å². The van der Waals surface area contributed by atoms with Crippen LogP contribution in [0.5, 0.6) is 0 Å². The zero-order valence-corrected chi connectivity index (χ0v) is 12.8. The predicted octanol–water partition coefficient (Wildman–Crippen LogP) is 3.25. The largest absolute Gasteiger partial charge is 0.397 e. The zero-order valence-electron chi connectivity index (χ0n) is 10.5. The Kier molecular flexibility index (Phi) is 4.28. The number of nitrogens with two attached hydrogens (primary N) is 1. The molecule has 5 nitrogen and oxygen atoms in total. The van der Waals surface area contributed by atoms with Gasteiger partial charge in [0.15, 0.2) is 0 Å². The molecule has 0 saturated carbocycles. The summed E-state index contributed by atoms with van der Waals surface area (Å²) in [6.07, 6.45) is 0. The Morgan fingerprint density at radius 3 is 2.48 bits per heavy atom. The van der Waals surface area contributed by atoms with Crippen LogP contribution in [0.1, 0.15) is 5.56 Å². The first kappa shape index (κ1) is 15.4. The van der Waals surface area contributed by atoms with E-state index >= 15 is 0 Å². The van der Waals surface area contributed by atoms with Crippen LogP contribution >= 0.6 is 23.2 Å². The molecule has 108 valence electrons. The maximum absolute atomic E-state index is 12.3. The van der Waals surface area contributed by atoms with Crippen molar-refractivity contribution in [1.82, 2.24) is 0 Å². The third-order valence-electron chi connectivity index (χ3n) is 2.61. The number of nitrogen functional groups attached to an aromatic ring is 1. The fraction of sp³-hybridized carbons (Fsp3) is 0. The van der Waals surface area contributed by atoms with Gasteiger partial charge in [-0.05, 0) is 36.4 Å². The van der Waals surface area contributed by atoms with Crippen LogP contribution in [0.2, 0.25) is 10.0 Å². The number of nitrogens with zero attached hydrogens (tertiary/aromatic N) is 1. The van der Waals surface area contributed by atoms with Crippen LogP contribution in [0.3, 0.4) is 0 Å². The summed E-state index contributed by atoms with van der Waals surface area (Å²) in [7, 11) is -3.97. The Balaban J connectivity index is 2.46. The molecule has 0 unspecified atom stereocenters. The van der Waals surface area contributed by atoms with E-state index in [0.29, 0.717) is 5.02 Å². The van der Waals surface area contributed by atoms with Gasteiger partial charge in [-0.25, -0.2) is 8.42 Å². The standard InChI is InChI=1S/C13H9Cl2N3O2S/c14-9-2-4-12(11(17)6-9)18-21(19,20)13-5-8(7-16)1-3-10(13)15/h1-6,18H,17H2. The van der Waals surface area contributed by atoms with Gasteiger partial charge in [0.1, 0.15) is 4.90 Å². The minimum absolute atomic E-state index is 0.00837. The highest BCUT2D eigenvalue weighted by molar-refractivity contribution is 7.92. The van der Waals surface area contributed by atoms with E-state index in [1.807, 2.05) is 6.07 Å². The van der Waals surface area contributed by atoms with Gasteiger partial charge in [0, 0.05) is 5.02 Å². The number of halogens is 2. The van der Waals surface area contributed by atoms with Crippen molar-refractivity contribution >= 4 is 44.6 Å². The van der Waals surface area contributed by atoms with Crippen LogP contribution in [-0.2, 0) is 10.0 Å². The third kappa shape index (κ3) is 3.39. The molecule has 0 spiro atoms. The lowest BCUT2D eigenvalue weighted by Gasteiger charge is -2.11. The van der Waals surface area contributed by atoms with Gasteiger partial charge in [-0.15, -0.1) is 0 Å². The molecular formula is C13H9Cl2N3O2S. The average Bonchev–Trinajstić information content (AvgIpc) is 2.42. The van der Waals surface area contributed by atoms with E-state index in [0.717, 1.165) is 0 Å². The van der Waals surface area contributed by atoms with Gasteiger partial charge in [0.25, 0.3) is 10.0 Å². The fourth-order valence-electron chi connectivity index (χ4n) is 1.61. The summed E-state index contributed by atoms with van der Waals surface area (Å²) in [5.41, 5.74) is 6.25. The highest BCUT2D eigenvalue weighted by Gasteiger charge is 2.19. The maximum Gasteiger partial charge on any atom is 0.263 e. The number of nitrogens with one attached hydrogen (secondary N) is 1. The van der Waals surface area contributed by atoms with Gasteiger partial charge in [-0.2, -0.15) is 5.26 Å².